The van der Waals surface area contributed by atoms with Crippen molar-refractivity contribution in [1.82, 2.24) is 25.6 Å². The average Bonchev–Trinajstić information content (AvgIpc) is 3.18. The summed E-state index contributed by atoms with van der Waals surface area (Å²) in [4.78, 5) is 21.1. The van der Waals surface area contributed by atoms with Gasteiger partial charge in [0, 0.05) is 49.2 Å². The molecule has 2 fully saturated rings. The number of carbonyl (C=O) groups is 1. The minimum Gasteiger partial charge on any atom is -0.336 e. The van der Waals surface area contributed by atoms with Crippen LogP contribution in [0.3, 0.4) is 0 Å². The zero-order chi connectivity index (χ0) is 17.9. The minimum atomic E-state index is 0.0536. The fourth-order valence-electron chi connectivity index (χ4n) is 3.62. The highest BCUT2D eigenvalue weighted by Crippen LogP contribution is 2.24. The number of hydrogen-bond donors (Lipinski definition) is 2. The zero-order valence-corrected chi connectivity index (χ0v) is 15.2. The highest BCUT2D eigenvalue weighted by Gasteiger charge is 2.32. The van der Waals surface area contributed by atoms with Gasteiger partial charge in [0.2, 0.25) is 0 Å². The maximum Gasteiger partial charge on any atom is 0.253 e. The summed E-state index contributed by atoms with van der Waals surface area (Å²) < 4.78 is 0. The second-order valence-electron chi connectivity index (χ2n) is 6.72. The molecule has 2 aliphatic heterocycles. The molecule has 0 aliphatic carbocycles. The van der Waals surface area contributed by atoms with Crippen molar-refractivity contribution in [2.75, 3.05) is 26.2 Å². The number of benzene rings is 1. The lowest BCUT2D eigenvalue weighted by atomic mass is 10.1. The molecule has 1 aromatic heterocycles. The van der Waals surface area contributed by atoms with Gasteiger partial charge in [-0.05, 0) is 36.2 Å². The molecule has 2 atom stereocenters. The Morgan fingerprint density at radius 3 is 2.69 bits per heavy atom. The predicted octanol–water partition coefficient (Wildman–Crippen LogP) is 2.06. The predicted molar refractivity (Wildman–Crippen MR) is 101 cm³/mol. The monoisotopic (exact) mass is 371 g/mol. The lowest BCUT2D eigenvalue weighted by molar-refractivity contribution is 0.0545. The largest absolute Gasteiger partial charge is 0.336 e. The Labute approximate surface area is 158 Å². The zero-order valence-electron chi connectivity index (χ0n) is 14.4. The molecule has 1 aromatic carbocycles. The Balaban J connectivity index is 1.32. The maximum atomic E-state index is 12.6. The van der Waals surface area contributed by atoms with E-state index in [1.54, 1.807) is 18.3 Å². The number of pyridine rings is 1. The molecule has 7 heteroatoms. The highest BCUT2D eigenvalue weighted by molar-refractivity contribution is 6.30. The number of halogens is 1. The van der Waals surface area contributed by atoms with Crippen molar-refractivity contribution < 1.29 is 4.79 Å². The maximum absolute atomic E-state index is 12.6. The first-order chi connectivity index (χ1) is 12.7. The number of nitrogens with zero attached hydrogens (tertiary/aromatic N) is 3. The van der Waals surface area contributed by atoms with Crippen LogP contribution in [-0.2, 0) is 0 Å². The third-order valence-electron chi connectivity index (χ3n) is 5.08. The summed E-state index contributed by atoms with van der Waals surface area (Å²) in [6, 6.07) is 11.5. The summed E-state index contributed by atoms with van der Waals surface area (Å²) >= 11 is 6.00. The lowest BCUT2D eigenvalue weighted by Crippen LogP contribution is -2.55. The smallest absolute Gasteiger partial charge is 0.253 e. The summed E-state index contributed by atoms with van der Waals surface area (Å²) in [5.74, 6) is 0.0536. The van der Waals surface area contributed by atoms with E-state index in [1.165, 1.54) is 5.56 Å². The molecule has 2 N–H and O–H groups in total. The van der Waals surface area contributed by atoms with Crippen molar-refractivity contribution >= 4 is 17.5 Å². The van der Waals surface area contributed by atoms with E-state index < -0.39 is 0 Å². The molecule has 0 saturated carbocycles. The number of piperazine rings is 1. The molecular formula is C19H22ClN5O. The number of hydrogen-bond acceptors (Lipinski definition) is 5. The van der Waals surface area contributed by atoms with Crippen LogP contribution >= 0.6 is 11.6 Å². The van der Waals surface area contributed by atoms with E-state index in [1.807, 2.05) is 29.3 Å². The van der Waals surface area contributed by atoms with E-state index >= 15 is 0 Å². The van der Waals surface area contributed by atoms with E-state index in [-0.39, 0.29) is 18.1 Å². The van der Waals surface area contributed by atoms with Gasteiger partial charge < -0.3 is 4.90 Å². The van der Waals surface area contributed by atoms with Crippen molar-refractivity contribution in [2.24, 2.45) is 0 Å². The number of rotatable bonds is 3. The highest BCUT2D eigenvalue weighted by atomic mass is 35.5. The lowest BCUT2D eigenvalue weighted by Gasteiger charge is -2.37. The van der Waals surface area contributed by atoms with E-state index in [0.29, 0.717) is 10.6 Å². The SMILES string of the molecule is O=C(c1cccc(Cl)c1)N1CCN(C2CC(c3cccnc3)NN2)CC1. The molecule has 2 saturated heterocycles. The van der Waals surface area contributed by atoms with E-state index in [4.69, 9.17) is 11.6 Å². The first kappa shape index (κ1) is 17.4. The normalized spacial score (nSPS) is 24.0. The Bertz CT molecular complexity index is 764. The number of nitrogens with one attached hydrogen (secondary N) is 2. The molecule has 0 bridgehead atoms. The van der Waals surface area contributed by atoms with E-state index in [9.17, 15) is 4.79 Å². The summed E-state index contributed by atoms with van der Waals surface area (Å²) in [6.45, 7) is 3.15. The molecule has 2 unspecified atom stereocenters. The Morgan fingerprint density at radius 2 is 1.96 bits per heavy atom. The molecule has 3 heterocycles. The molecule has 2 aliphatic rings. The van der Waals surface area contributed by atoms with Gasteiger partial charge in [0.1, 0.15) is 0 Å². The Morgan fingerprint density at radius 1 is 1.12 bits per heavy atom. The van der Waals surface area contributed by atoms with Crippen molar-refractivity contribution in [2.45, 2.75) is 18.6 Å². The topological polar surface area (TPSA) is 60.5 Å². The van der Waals surface area contributed by atoms with Crippen LogP contribution in [0.4, 0.5) is 0 Å². The Hall–Kier alpha value is -1.99. The van der Waals surface area contributed by atoms with E-state index in [2.05, 4.69) is 26.8 Å². The van der Waals surface area contributed by atoms with Crippen LogP contribution in [0.2, 0.25) is 5.02 Å². The van der Waals surface area contributed by atoms with Crippen LogP contribution in [0.25, 0.3) is 0 Å². The molecule has 4 rings (SSSR count). The number of aromatic nitrogens is 1. The van der Waals surface area contributed by atoms with Gasteiger partial charge in [-0.2, -0.15) is 0 Å². The average molecular weight is 372 g/mol. The second kappa shape index (κ2) is 7.72. The molecule has 136 valence electrons. The van der Waals surface area contributed by atoms with Gasteiger partial charge in [-0.1, -0.05) is 23.7 Å². The molecule has 1 amide bonds. The summed E-state index contributed by atoms with van der Waals surface area (Å²) in [5.41, 5.74) is 8.59. The Kier molecular flexibility index (Phi) is 5.17. The van der Waals surface area contributed by atoms with Crippen molar-refractivity contribution in [3.8, 4) is 0 Å². The molecule has 26 heavy (non-hydrogen) atoms. The first-order valence-corrected chi connectivity index (χ1v) is 9.28. The standard InChI is InChI=1S/C19H22ClN5O/c20-16-5-1-3-14(11-16)19(26)25-9-7-24(8-10-25)18-12-17(22-23-18)15-4-2-6-21-13-15/h1-6,11,13,17-18,22-23H,7-10,12H2. The van der Waals surface area contributed by atoms with Gasteiger partial charge in [-0.3, -0.25) is 14.7 Å². The third-order valence-corrected chi connectivity index (χ3v) is 5.32. The van der Waals surface area contributed by atoms with Gasteiger partial charge in [0.15, 0.2) is 0 Å². The van der Waals surface area contributed by atoms with Crippen molar-refractivity contribution in [1.29, 1.82) is 0 Å². The molecule has 6 nitrogen and oxygen atoms in total. The summed E-state index contributed by atoms with van der Waals surface area (Å²) in [6.07, 6.45) is 4.94. The number of amides is 1. The molecule has 2 aromatic rings. The fraction of sp³-hybridized carbons (Fsp3) is 0.368. The summed E-state index contributed by atoms with van der Waals surface area (Å²) in [5, 5.41) is 0.595. The van der Waals surface area contributed by atoms with Gasteiger partial charge >= 0.3 is 0 Å². The van der Waals surface area contributed by atoms with Crippen molar-refractivity contribution in [3.05, 3.63) is 64.9 Å². The minimum absolute atomic E-state index is 0.0536. The first-order valence-electron chi connectivity index (χ1n) is 8.90. The number of hydrazine groups is 1. The molecular weight excluding hydrogens is 350 g/mol. The van der Waals surface area contributed by atoms with Crippen LogP contribution in [0.15, 0.2) is 48.8 Å². The quantitative estimate of drug-likeness (QED) is 0.864. The van der Waals surface area contributed by atoms with Gasteiger partial charge in [0.05, 0.1) is 12.2 Å². The number of carbonyl (C=O) groups excluding carboxylic acids is 1. The van der Waals surface area contributed by atoms with Crippen LogP contribution in [0, 0.1) is 0 Å². The van der Waals surface area contributed by atoms with Crippen LogP contribution < -0.4 is 10.9 Å². The van der Waals surface area contributed by atoms with Gasteiger partial charge in [0.25, 0.3) is 5.91 Å². The van der Waals surface area contributed by atoms with Crippen LogP contribution in [0.5, 0.6) is 0 Å². The van der Waals surface area contributed by atoms with Crippen LogP contribution in [-0.4, -0.2) is 53.0 Å². The third kappa shape index (κ3) is 3.73. The van der Waals surface area contributed by atoms with E-state index in [0.717, 1.165) is 32.6 Å². The molecule has 0 spiro atoms. The van der Waals surface area contributed by atoms with Gasteiger partial charge in [-0.15, -0.1) is 0 Å². The summed E-state index contributed by atoms with van der Waals surface area (Å²) in [7, 11) is 0. The van der Waals surface area contributed by atoms with Gasteiger partial charge in [-0.25, -0.2) is 10.9 Å². The fourth-order valence-corrected chi connectivity index (χ4v) is 3.81. The second-order valence-corrected chi connectivity index (χ2v) is 7.15. The van der Waals surface area contributed by atoms with Crippen molar-refractivity contribution in [3.63, 3.8) is 0 Å². The molecule has 0 radical (unpaired) electrons. The van der Waals surface area contributed by atoms with Crippen LogP contribution in [0.1, 0.15) is 28.4 Å².